The van der Waals surface area contributed by atoms with Gasteiger partial charge in [-0.1, -0.05) is 214 Å². The van der Waals surface area contributed by atoms with Crippen molar-refractivity contribution in [1.29, 1.82) is 0 Å². The Kier molecular flexibility index (Phi) is 10.6. The Labute approximate surface area is 469 Å². The maximum absolute atomic E-state index is 6.50. The van der Waals surface area contributed by atoms with E-state index in [0.717, 1.165) is 94.4 Å². The zero-order valence-corrected chi connectivity index (χ0v) is 44.8. The molecular formula is C77H52N2O2. The summed E-state index contributed by atoms with van der Waals surface area (Å²) in [6.45, 7) is 4.79. The third-order valence-electron chi connectivity index (χ3n) is 17.0. The van der Waals surface area contributed by atoms with Crippen LogP contribution in [0.4, 0.5) is 17.1 Å². The first kappa shape index (κ1) is 46.7. The van der Waals surface area contributed by atoms with Gasteiger partial charge in [-0.2, -0.15) is 0 Å². The Morgan fingerprint density at radius 1 is 0.321 bits per heavy atom. The Balaban J connectivity index is 0.787. The first-order chi connectivity index (χ1) is 39.9. The molecule has 0 N–H and O–H groups in total. The van der Waals surface area contributed by atoms with Crippen molar-refractivity contribution in [2.45, 2.75) is 19.3 Å². The van der Waals surface area contributed by atoms with E-state index in [4.69, 9.17) is 8.83 Å². The van der Waals surface area contributed by atoms with E-state index in [1.807, 2.05) is 24.3 Å². The largest absolute Gasteiger partial charge is 0.455 e. The topological polar surface area (TPSA) is 34.5 Å². The minimum atomic E-state index is -0.262. The van der Waals surface area contributed by atoms with Crippen molar-refractivity contribution in [1.82, 2.24) is 4.57 Å². The molecule has 3 aromatic heterocycles. The molecule has 0 fully saturated rings. The average molecular weight is 1040 g/mol. The zero-order chi connectivity index (χ0) is 53.8. The van der Waals surface area contributed by atoms with Crippen LogP contribution in [0.15, 0.2) is 288 Å². The van der Waals surface area contributed by atoms with Gasteiger partial charge in [0.2, 0.25) is 0 Å². The summed E-state index contributed by atoms with van der Waals surface area (Å²) in [6.07, 6.45) is 0. The van der Waals surface area contributed by atoms with Crippen molar-refractivity contribution < 1.29 is 8.83 Å². The Hall–Kier alpha value is -10.4. The molecule has 3 heterocycles. The van der Waals surface area contributed by atoms with Crippen LogP contribution in [0, 0.1) is 0 Å². The summed E-state index contributed by atoms with van der Waals surface area (Å²) < 4.78 is 15.5. The van der Waals surface area contributed by atoms with E-state index >= 15 is 0 Å². The molecule has 1 aliphatic rings. The number of benzene rings is 12. The fourth-order valence-electron chi connectivity index (χ4n) is 13.1. The Morgan fingerprint density at radius 2 is 0.778 bits per heavy atom. The van der Waals surface area contributed by atoms with Crippen molar-refractivity contribution in [3.63, 3.8) is 0 Å². The van der Waals surface area contributed by atoms with Gasteiger partial charge in [-0.05, 0) is 134 Å². The van der Waals surface area contributed by atoms with Crippen molar-refractivity contribution >= 4 is 71.8 Å². The smallest absolute Gasteiger partial charge is 0.143 e. The summed E-state index contributed by atoms with van der Waals surface area (Å²) in [5.74, 6) is 0. The molecule has 12 aromatic carbocycles. The van der Waals surface area contributed by atoms with Crippen LogP contribution in [0.2, 0.25) is 0 Å². The molecule has 382 valence electrons. The lowest BCUT2D eigenvalue weighted by Gasteiger charge is -2.26. The van der Waals surface area contributed by atoms with Crippen LogP contribution >= 0.6 is 0 Å². The SMILES string of the molecule is CC1(C)c2cc(-c3ccc(N(c4ccc(-c5cccc6c5oc5ccccc56)cc4)c4ccc(-c5cccc6c5oc5ccccc56)cc4)cc3)ccc2-c2cc3c(-c4ccccc4)c(-c4ccccc4)n(-c4ccccc4)c3cc21. The molecule has 0 atom stereocenters. The molecular weight excluding hydrogens is 985 g/mol. The van der Waals surface area contributed by atoms with Crippen molar-refractivity contribution in [2.24, 2.45) is 0 Å². The van der Waals surface area contributed by atoms with Crippen LogP contribution in [-0.2, 0) is 5.41 Å². The van der Waals surface area contributed by atoms with E-state index in [-0.39, 0.29) is 5.41 Å². The summed E-state index contributed by atoms with van der Waals surface area (Å²) >= 11 is 0. The standard InChI is InChI=1S/C77H52N2O2/c1-77(2)68-46-54(38-45-61(68)66-47-67-70(48-69(66)77)79(55-22-10-5-11-23-55)74(53-20-8-4-9-21-53)73(67)52-18-6-3-7-19-52)49-32-39-56(40-33-49)78(57-41-34-50(35-42-57)59-26-16-28-64-62-24-12-14-30-71(62)80-75(59)64)58-43-36-51(37-44-58)60-27-17-29-65-63-25-13-15-31-72(63)81-76(60)65/h3-48H,1-2H3. The van der Waals surface area contributed by atoms with Crippen LogP contribution in [-0.4, -0.2) is 4.57 Å². The predicted octanol–water partition coefficient (Wildman–Crippen LogP) is 21.5. The summed E-state index contributed by atoms with van der Waals surface area (Å²) in [5, 5.41) is 5.73. The van der Waals surface area contributed by atoms with Crippen LogP contribution in [0.25, 0.3) is 127 Å². The highest BCUT2D eigenvalue weighted by atomic mass is 16.3. The number of furan rings is 2. The van der Waals surface area contributed by atoms with Crippen LogP contribution in [0.5, 0.6) is 0 Å². The van der Waals surface area contributed by atoms with Crippen LogP contribution in [0.3, 0.4) is 0 Å². The second-order valence-electron chi connectivity index (χ2n) is 22.0. The number of fused-ring (bicyclic) bond motifs is 10. The molecule has 0 saturated heterocycles. The van der Waals surface area contributed by atoms with Gasteiger partial charge in [-0.15, -0.1) is 0 Å². The van der Waals surface area contributed by atoms with Crippen LogP contribution in [0.1, 0.15) is 25.0 Å². The minimum absolute atomic E-state index is 0.262. The van der Waals surface area contributed by atoms with Crippen molar-refractivity contribution in [3.05, 3.63) is 290 Å². The average Bonchev–Trinajstić information content (AvgIpc) is 3.59. The number of anilines is 3. The zero-order valence-electron chi connectivity index (χ0n) is 44.8. The predicted molar refractivity (Wildman–Crippen MR) is 337 cm³/mol. The maximum atomic E-state index is 6.50. The molecule has 0 spiro atoms. The van der Waals surface area contributed by atoms with Gasteiger partial charge < -0.3 is 18.3 Å². The first-order valence-corrected chi connectivity index (χ1v) is 27.9. The number of nitrogens with zero attached hydrogens (tertiary/aromatic N) is 2. The van der Waals surface area contributed by atoms with E-state index in [9.17, 15) is 0 Å². The van der Waals surface area contributed by atoms with Gasteiger partial charge in [-0.25, -0.2) is 0 Å². The van der Waals surface area contributed by atoms with Crippen molar-refractivity contribution in [3.8, 4) is 72.6 Å². The lowest BCUT2D eigenvalue weighted by Crippen LogP contribution is -2.15. The molecule has 81 heavy (non-hydrogen) atoms. The Bertz CT molecular complexity index is 4750. The maximum Gasteiger partial charge on any atom is 0.143 e. The lowest BCUT2D eigenvalue weighted by molar-refractivity contribution is 0.661. The molecule has 0 unspecified atom stereocenters. The van der Waals surface area contributed by atoms with Gasteiger partial charge in [0.1, 0.15) is 22.3 Å². The second kappa shape index (κ2) is 18.3. The van der Waals surface area contributed by atoms with Crippen molar-refractivity contribution in [2.75, 3.05) is 4.90 Å². The molecule has 0 radical (unpaired) electrons. The Morgan fingerprint density at radius 3 is 1.33 bits per heavy atom. The van der Waals surface area contributed by atoms with Crippen LogP contribution < -0.4 is 4.90 Å². The number of aromatic nitrogens is 1. The quantitative estimate of drug-likeness (QED) is 0.144. The van der Waals surface area contributed by atoms with E-state index in [2.05, 4.69) is 278 Å². The highest BCUT2D eigenvalue weighted by Gasteiger charge is 2.37. The van der Waals surface area contributed by atoms with E-state index < -0.39 is 0 Å². The number of para-hydroxylation sites is 5. The molecule has 0 bridgehead atoms. The molecule has 0 amide bonds. The van der Waals surface area contributed by atoms with Gasteiger partial charge in [-0.3, -0.25) is 0 Å². The van der Waals surface area contributed by atoms with E-state index in [0.29, 0.717) is 0 Å². The molecule has 1 aliphatic carbocycles. The molecule has 4 nitrogen and oxygen atoms in total. The normalized spacial score (nSPS) is 12.7. The van der Waals surface area contributed by atoms with Gasteiger partial charge in [0.05, 0.1) is 11.2 Å². The monoisotopic (exact) mass is 1040 g/mol. The summed E-state index contributed by atoms with van der Waals surface area (Å²) in [6, 6.07) is 101. The molecule has 0 aliphatic heterocycles. The third-order valence-corrected chi connectivity index (χ3v) is 17.0. The van der Waals surface area contributed by atoms with E-state index in [1.54, 1.807) is 0 Å². The van der Waals surface area contributed by atoms with Gasteiger partial charge in [0, 0.05) is 71.8 Å². The minimum Gasteiger partial charge on any atom is -0.455 e. The lowest BCUT2D eigenvalue weighted by atomic mass is 9.81. The highest BCUT2D eigenvalue weighted by Crippen LogP contribution is 2.54. The molecule has 0 saturated carbocycles. The highest BCUT2D eigenvalue weighted by molar-refractivity contribution is 6.12. The summed E-state index contributed by atoms with van der Waals surface area (Å²) in [7, 11) is 0. The third kappa shape index (κ3) is 7.45. The number of hydrogen-bond acceptors (Lipinski definition) is 3. The second-order valence-corrected chi connectivity index (χ2v) is 22.0. The first-order valence-electron chi connectivity index (χ1n) is 27.9. The van der Waals surface area contributed by atoms with E-state index in [1.165, 1.54) is 61.1 Å². The van der Waals surface area contributed by atoms with Gasteiger partial charge in [0.15, 0.2) is 0 Å². The van der Waals surface area contributed by atoms with Gasteiger partial charge >= 0.3 is 0 Å². The number of hydrogen-bond donors (Lipinski definition) is 0. The fraction of sp³-hybridized carbons (Fsp3) is 0.0390. The molecule has 16 rings (SSSR count). The number of rotatable bonds is 9. The van der Waals surface area contributed by atoms with Gasteiger partial charge in [0.25, 0.3) is 0 Å². The summed E-state index contributed by atoms with van der Waals surface area (Å²) in [4.78, 5) is 2.35. The molecule has 4 heteroatoms. The summed E-state index contributed by atoms with van der Waals surface area (Å²) in [5.41, 5.74) is 25.6. The fourth-order valence-corrected chi connectivity index (χ4v) is 13.1. The molecule has 15 aromatic rings.